The first kappa shape index (κ1) is 38.2. The van der Waals surface area contributed by atoms with Crippen molar-refractivity contribution >= 4 is 13.7 Å². The second kappa shape index (κ2) is 23.9. The summed E-state index contributed by atoms with van der Waals surface area (Å²) in [6, 6.07) is -0.834. The summed E-state index contributed by atoms with van der Waals surface area (Å²) < 4.78 is 23.2. The summed E-state index contributed by atoms with van der Waals surface area (Å²) >= 11 is 0. The maximum Gasteiger partial charge on any atom is 0.472 e. The predicted molar refractivity (Wildman–Crippen MR) is 162 cm³/mol. The van der Waals surface area contributed by atoms with E-state index >= 15 is 0 Å². The van der Waals surface area contributed by atoms with Crippen molar-refractivity contribution in [1.29, 1.82) is 0 Å². The van der Waals surface area contributed by atoms with Crippen molar-refractivity contribution in [3.8, 4) is 0 Å². The number of amides is 1. The summed E-state index contributed by atoms with van der Waals surface area (Å²) in [6.07, 6.45) is 21.4. The van der Waals surface area contributed by atoms with E-state index in [1.54, 1.807) is 6.08 Å². The molecule has 0 aromatic carbocycles. The molecule has 0 aromatic rings. The largest absolute Gasteiger partial charge is 0.472 e. The van der Waals surface area contributed by atoms with Gasteiger partial charge in [-0.25, -0.2) is 4.57 Å². The number of hydrogen-bond acceptors (Lipinski definition) is 5. The van der Waals surface area contributed by atoms with Gasteiger partial charge in [-0.05, 0) is 19.3 Å². The van der Waals surface area contributed by atoms with Gasteiger partial charge in [-0.3, -0.25) is 13.8 Å². The number of nitrogens with one attached hydrogen (secondary N) is 1. The number of aliphatic hydroxyl groups is 1. The number of carbonyl (C=O) groups excluding carboxylic acids is 1. The van der Waals surface area contributed by atoms with E-state index in [1.807, 2.05) is 27.2 Å². The fraction of sp³-hybridized carbons (Fsp3) is 0.900. The lowest BCUT2D eigenvalue weighted by Crippen LogP contribution is -2.45. The first-order valence-electron chi connectivity index (χ1n) is 15.6. The van der Waals surface area contributed by atoms with Crippen molar-refractivity contribution in [3.63, 3.8) is 0 Å². The smallest absolute Gasteiger partial charge is 0.387 e. The SMILES string of the molecule is CCCCCCCCCC/C=C/C(O)C(COP(=O)(O)OCC[N+](C)(C)C)NC(=O)CCCCCCCCC. The summed E-state index contributed by atoms with van der Waals surface area (Å²) in [5.74, 6) is -0.189. The highest BCUT2D eigenvalue weighted by atomic mass is 31.2. The molecule has 0 radical (unpaired) electrons. The number of phosphoric ester groups is 1. The number of allylic oxidation sites excluding steroid dienone is 1. The van der Waals surface area contributed by atoms with Gasteiger partial charge in [-0.2, -0.15) is 0 Å². The zero-order chi connectivity index (χ0) is 29.4. The molecule has 0 rings (SSSR count). The van der Waals surface area contributed by atoms with E-state index in [0.717, 1.165) is 38.5 Å². The molecule has 0 fully saturated rings. The topological polar surface area (TPSA) is 105 Å². The van der Waals surface area contributed by atoms with Crippen molar-refractivity contribution < 1.29 is 32.9 Å². The van der Waals surface area contributed by atoms with Crippen LogP contribution in [0, 0.1) is 0 Å². The number of unbranched alkanes of at least 4 members (excludes halogenated alkanes) is 14. The molecule has 0 aliphatic rings. The lowest BCUT2D eigenvalue weighted by atomic mass is 10.1. The van der Waals surface area contributed by atoms with Crippen molar-refractivity contribution in [2.45, 2.75) is 135 Å². The minimum atomic E-state index is -4.31. The molecule has 0 bridgehead atoms. The molecule has 0 aliphatic heterocycles. The number of nitrogens with zero attached hydrogens (tertiary/aromatic N) is 1. The van der Waals surface area contributed by atoms with Gasteiger partial charge in [-0.15, -0.1) is 0 Å². The van der Waals surface area contributed by atoms with Crippen LogP contribution in [0.4, 0.5) is 0 Å². The number of hydrogen-bond donors (Lipinski definition) is 3. The molecule has 0 spiro atoms. The summed E-state index contributed by atoms with van der Waals surface area (Å²) in [7, 11) is 1.57. The van der Waals surface area contributed by atoms with Crippen LogP contribution < -0.4 is 5.32 Å². The van der Waals surface area contributed by atoms with Gasteiger partial charge in [0.25, 0.3) is 0 Å². The molecular weight excluding hydrogens is 515 g/mol. The maximum atomic E-state index is 12.6. The highest BCUT2D eigenvalue weighted by Gasteiger charge is 2.27. The highest BCUT2D eigenvalue weighted by Crippen LogP contribution is 2.43. The lowest BCUT2D eigenvalue weighted by Gasteiger charge is -2.25. The fourth-order valence-corrected chi connectivity index (χ4v) is 4.89. The number of rotatable bonds is 27. The third-order valence-electron chi connectivity index (χ3n) is 6.76. The van der Waals surface area contributed by atoms with Crippen LogP contribution in [0.1, 0.15) is 123 Å². The Hall–Kier alpha value is -0.760. The van der Waals surface area contributed by atoms with Crippen LogP contribution in [0.5, 0.6) is 0 Å². The van der Waals surface area contributed by atoms with Crippen LogP contribution in [0.15, 0.2) is 12.2 Å². The van der Waals surface area contributed by atoms with Crippen molar-refractivity contribution in [3.05, 3.63) is 12.2 Å². The van der Waals surface area contributed by atoms with Gasteiger partial charge in [-0.1, -0.05) is 109 Å². The predicted octanol–water partition coefficient (Wildman–Crippen LogP) is 6.90. The summed E-state index contributed by atoms with van der Waals surface area (Å²) in [5, 5.41) is 13.6. The van der Waals surface area contributed by atoms with Crippen LogP contribution in [-0.2, 0) is 18.4 Å². The van der Waals surface area contributed by atoms with Gasteiger partial charge < -0.3 is 19.8 Å². The minimum absolute atomic E-state index is 0.0631. The van der Waals surface area contributed by atoms with Crippen molar-refractivity contribution in [1.82, 2.24) is 5.32 Å². The average Bonchev–Trinajstić information content (AvgIpc) is 2.86. The Morgan fingerprint density at radius 1 is 0.846 bits per heavy atom. The molecule has 0 saturated heterocycles. The monoisotopic (exact) mass is 577 g/mol. The van der Waals surface area contributed by atoms with Crippen LogP contribution in [0.3, 0.4) is 0 Å². The Morgan fingerprint density at radius 2 is 1.36 bits per heavy atom. The van der Waals surface area contributed by atoms with Crippen LogP contribution in [-0.4, -0.2) is 73.4 Å². The molecule has 232 valence electrons. The standard InChI is InChI=1S/C30H61N2O6P/c1-6-8-10-12-14-15-16-18-19-21-23-29(33)28(27-38-39(35,36)37-26-25-32(3,4)5)31-30(34)24-22-20-17-13-11-9-7-2/h21,23,28-29,33H,6-20,22,24-27H2,1-5H3,(H-,31,34,35,36)/p+1/b23-21+. The molecule has 3 atom stereocenters. The first-order valence-corrected chi connectivity index (χ1v) is 17.1. The Kier molecular flexibility index (Phi) is 23.4. The second-order valence-corrected chi connectivity index (χ2v) is 13.3. The maximum absolute atomic E-state index is 12.6. The summed E-state index contributed by atoms with van der Waals surface area (Å²) in [4.78, 5) is 22.7. The van der Waals surface area contributed by atoms with Gasteiger partial charge >= 0.3 is 7.82 Å². The lowest BCUT2D eigenvalue weighted by molar-refractivity contribution is -0.870. The molecule has 0 saturated carbocycles. The molecule has 3 N–H and O–H groups in total. The first-order chi connectivity index (χ1) is 18.5. The Morgan fingerprint density at radius 3 is 1.90 bits per heavy atom. The molecular formula is C30H62N2O6P+. The zero-order valence-electron chi connectivity index (χ0n) is 25.9. The average molecular weight is 578 g/mol. The van der Waals surface area contributed by atoms with Gasteiger partial charge in [0, 0.05) is 6.42 Å². The van der Waals surface area contributed by atoms with Gasteiger partial charge in [0.2, 0.25) is 5.91 Å². The normalized spacial score (nSPS) is 15.4. The Balaban J connectivity index is 4.69. The van der Waals surface area contributed by atoms with E-state index < -0.39 is 20.0 Å². The van der Waals surface area contributed by atoms with E-state index in [9.17, 15) is 19.4 Å². The molecule has 0 aliphatic carbocycles. The van der Waals surface area contributed by atoms with Crippen LogP contribution in [0.25, 0.3) is 0 Å². The minimum Gasteiger partial charge on any atom is -0.387 e. The number of likely N-dealkylation sites (N-methyl/N-ethyl adjacent to an activating group) is 1. The third-order valence-corrected chi connectivity index (χ3v) is 7.74. The van der Waals surface area contributed by atoms with E-state index in [0.29, 0.717) is 17.4 Å². The molecule has 3 unspecified atom stereocenters. The molecule has 0 aromatic heterocycles. The quantitative estimate of drug-likeness (QED) is 0.0425. The summed E-state index contributed by atoms with van der Waals surface area (Å²) in [6.45, 7) is 4.70. The number of aliphatic hydroxyl groups excluding tert-OH is 1. The van der Waals surface area contributed by atoms with Gasteiger partial charge in [0.05, 0.1) is 39.9 Å². The van der Waals surface area contributed by atoms with Gasteiger partial charge in [0.15, 0.2) is 0 Å². The summed E-state index contributed by atoms with van der Waals surface area (Å²) in [5.41, 5.74) is 0. The fourth-order valence-electron chi connectivity index (χ4n) is 4.15. The highest BCUT2D eigenvalue weighted by molar-refractivity contribution is 7.47. The van der Waals surface area contributed by atoms with Crippen LogP contribution in [0.2, 0.25) is 0 Å². The molecule has 1 amide bonds. The second-order valence-electron chi connectivity index (χ2n) is 11.8. The van der Waals surface area contributed by atoms with E-state index in [-0.39, 0.29) is 19.1 Å². The molecule has 8 nitrogen and oxygen atoms in total. The van der Waals surface area contributed by atoms with Crippen molar-refractivity contribution in [2.75, 3.05) is 40.9 Å². The van der Waals surface area contributed by atoms with Gasteiger partial charge in [0.1, 0.15) is 13.2 Å². The van der Waals surface area contributed by atoms with Crippen molar-refractivity contribution in [2.24, 2.45) is 0 Å². The number of quaternary nitrogens is 1. The Labute approximate surface area is 240 Å². The zero-order valence-corrected chi connectivity index (χ0v) is 26.8. The third kappa shape index (κ3) is 25.9. The van der Waals surface area contributed by atoms with Crippen LogP contribution >= 0.6 is 7.82 Å². The molecule has 9 heteroatoms. The number of phosphoric acid groups is 1. The molecule has 39 heavy (non-hydrogen) atoms. The van der Waals surface area contributed by atoms with E-state index in [1.165, 1.54) is 64.2 Å². The van der Waals surface area contributed by atoms with E-state index in [2.05, 4.69) is 19.2 Å². The molecule has 0 heterocycles. The number of carbonyl (C=O) groups is 1. The van der Waals surface area contributed by atoms with E-state index in [4.69, 9.17) is 9.05 Å². The Bertz CT molecular complexity index is 668.